The summed E-state index contributed by atoms with van der Waals surface area (Å²) in [4.78, 5) is 10.8. The molecule has 2 aromatic heterocycles. The van der Waals surface area contributed by atoms with Crippen molar-refractivity contribution in [3.63, 3.8) is 0 Å². The van der Waals surface area contributed by atoms with E-state index in [1.165, 1.54) is 4.88 Å². The molecule has 0 aliphatic heterocycles. The molecule has 0 atom stereocenters. The maximum Gasteiger partial charge on any atom is 0.169 e. The van der Waals surface area contributed by atoms with Gasteiger partial charge in [0.15, 0.2) is 5.82 Å². The van der Waals surface area contributed by atoms with Crippen LogP contribution >= 0.6 is 11.3 Å². The monoisotopic (exact) mass is 202 g/mol. The van der Waals surface area contributed by atoms with E-state index in [1.54, 1.807) is 23.7 Å². The third-order valence-electron chi connectivity index (χ3n) is 1.79. The van der Waals surface area contributed by atoms with Crippen LogP contribution in [0.2, 0.25) is 0 Å². The van der Waals surface area contributed by atoms with Gasteiger partial charge in [0.2, 0.25) is 0 Å². The van der Waals surface area contributed by atoms with E-state index in [9.17, 15) is 0 Å². The number of hydrogen-bond acceptors (Lipinski definition) is 3. The number of rotatable bonds is 3. The minimum absolute atomic E-state index is 0.799. The second-order valence-electron chi connectivity index (χ2n) is 2.83. The van der Waals surface area contributed by atoms with E-state index < -0.39 is 0 Å². The molecule has 0 aliphatic rings. The molecule has 0 saturated carbocycles. The molecule has 0 spiro atoms. The largest absolute Gasteiger partial charge is 0.236 e. The minimum Gasteiger partial charge on any atom is -0.236 e. The number of allylic oxidation sites excluding steroid dienone is 1. The van der Waals surface area contributed by atoms with Gasteiger partial charge in [0, 0.05) is 17.3 Å². The van der Waals surface area contributed by atoms with Crippen LogP contribution in [0.5, 0.6) is 0 Å². The van der Waals surface area contributed by atoms with Crippen molar-refractivity contribution in [1.29, 1.82) is 0 Å². The van der Waals surface area contributed by atoms with Crippen LogP contribution in [0.4, 0.5) is 0 Å². The number of thiophene rings is 1. The standard InChI is InChI=1S/C11H10N2S/c1-2-4-9-5-6-10(14-9)11-12-7-3-8-13-11/h2-3,5-8H,1,4H2. The topological polar surface area (TPSA) is 25.8 Å². The van der Waals surface area contributed by atoms with Crippen molar-refractivity contribution in [2.24, 2.45) is 0 Å². The fourth-order valence-corrected chi connectivity index (χ4v) is 2.13. The first kappa shape index (κ1) is 9.09. The van der Waals surface area contributed by atoms with Crippen molar-refractivity contribution in [2.75, 3.05) is 0 Å². The highest BCUT2D eigenvalue weighted by atomic mass is 32.1. The zero-order valence-corrected chi connectivity index (χ0v) is 8.50. The summed E-state index contributed by atoms with van der Waals surface area (Å²) in [7, 11) is 0. The molecule has 0 N–H and O–H groups in total. The molecular formula is C11H10N2S. The number of hydrogen-bond donors (Lipinski definition) is 0. The summed E-state index contributed by atoms with van der Waals surface area (Å²) in [6.07, 6.45) is 6.34. The zero-order valence-electron chi connectivity index (χ0n) is 7.68. The van der Waals surface area contributed by atoms with E-state index >= 15 is 0 Å². The molecule has 0 fully saturated rings. The number of aromatic nitrogens is 2. The second-order valence-corrected chi connectivity index (χ2v) is 4.00. The van der Waals surface area contributed by atoms with Crippen molar-refractivity contribution in [3.8, 4) is 10.7 Å². The Morgan fingerprint density at radius 1 is 1.29 bits per heavy atom. The Morgan fingerprint density at radius 2 is 2.07 bits per heavy atom. The van der Waals surface area contributed by atoms with E-state index in [2.05, 4.69) is 28.7 Å². The first-order chi connectivity index (χ1) is 6.90. The Kier molecular flexibility index (Phi) is 2.70. The zero-order chi connectivity index (χ0) is 9.80. The van der Waals surface area contributed by atoms with Gasteiger partial charge < -0.3 is 0 Å². The summed E-state index contributed by atoms with van der Waals surface area (Å²) in [6.45, 7) is 3.71. The summed E-state index contributed by atoms with van der Waals surface area (Å²) in [5.74, 6) is 0.799. The summed E-state index contributed by atoms with van der Waals surface area (Å²) >= 11 is 1.71. The van der Waals surface area contributed by atoms with E-state index in [1.807, 2.05) is 12.1 Å². The minimum atomic E-state index is 0.799. The Hall–Kier alpha value is -1.48. The smallest absolute Gasteiger partial charge is 0.169 e. The molecule has 2 rings (SSSR count). The van der Waals surface area contributed by atoms with Gasteiger partial charge in [-0.05, 0) is 24.6 Å². The molecule has 0 aromatic carbocycles. The van der Waals surface area contributed by atoms with Crippen molar-refractivity contribution >= 4 is 11.3 Å². The molecule has 14 heavy (non-hydrogen) atoms. The first-order valence-corrected chi connectivity index (χ1v) is 5.19. The Labute approximate surface area is 87.0 Å². The van der Waals surface area contributed by atoms with Crippen molar-refractivity contribution < 1.29 is 0 Å². The van der Waals surface area contributed by atoms with Crippen LogP contribution in [0.3, 0.4) is 0 Å². The molecule has 0 saturated heterocycles. The van der Waals surface area contributed by atoms with Crippen molar-refractivity contribution in [1.82, 2.24) is 9.97 Å². The van der Waals surface area contributed by atoms with Crippen molar-refractivity contribution in [2.45, 2.75) is 6.42 Å². The van der Waals surface area contributed by atoms with Crippen LogP contribution in [0, 0.1) is 0 Å². The Morgan fingerprint density at radius 3 is 2.79 bits per heavy atom. The van der Waals surface area contributed by atoms with Gasteiger partial charge in [-0.1, -0.05) is 6.08 Å². The number of nitrogens with zero attached hydrogens (tertiary/aromatic N) is 2. The van der Waals surface area contributed by atoms with Crippen LogP contribution in [0.15, 0.2) is 43.2 Å². The summed E-state index contributed by atoms with van der Waals surface area (Å²) < 4.78 is 0. The Bertz CT molecular complexity index is 420. The highest BCUT2D eigenvalue weighted by molar-refractivity contribution is 7.15. The van der Waals surface area contributed by atoms with Gasteiger partial charge in [0.05, 0.1) is 4.88 Å². The van der Waals surface area contributed by atoms with Crippen LogP contribution in [0.25, 0.3) is 10.7 Å². The highest BCUT2D eigenvalue weighted by Crippen LogP contribution is 2.25. The van der Waals surface area contributed by atoms with Crippen LogP contribution < -0.4 is 0 Å². The molecule has 2 aromatic rings. The second kappa shape index (κ2) is 4.15. The molecule has 3 heteroatoms. The quantitative estimate of drug-likeness (QED) is 0.715. The van der Waals surface area contributed by atoms with E-state index in [0.29, 0.717) is 0 Å². The lowest BCUT2D eigenvalue weighted by Crippen LogP contribution is -1.81. The van der Waals surface area contributed by atoms with Gasteiger partial charge >= 0.3 is 0 Å². The molecule has 0 amide bonds. The fraction of sp³-hybridized carbons (Fsp3) is 0.0909. The summed E-state index contributed by atoms with van der Waals surface area (Å²) in [5, 5.41) is 0. The van der Waals surface area contributed by atoms with Gasteiger partial charge in [-0.3, -0.25) is 0 Å². The third-order valence-corrected chi connectivity index (χ3v) is 2.90. The molecule has 0 radical (unpaired) electrons. The summed E-state index contributed by atoms with van der Waals surface area (Å²) in [5.41, 5.74) is 0. The molecule has 0 bridgehead atoms. The average molecular weight is 202 g/mol. The van der Waals surface area contributed by atoms with Crippen molar-refractivity contribution in [3.05, 3.63) is 48.1 Å². The lowest BCUT2D eigenvalue weighted by atomic mass is 10.3. The molecule has 2 heterocycles. The van der Waals surface area contributed by atoms with Gasteiger partial charge in [0.1, 0.15) is 0 Å². The maximum absolute atomic E-state index is 4.20. The predicted octanol–water partition coefficient (Wildman–Crippen LogP) is 2.93. The van der Waals surface area contributed by atoms with E-state index in [0.717, 1.165) is 17.1 Å². The van der Waals surface area contributed by atoms with Gasteiger partial charge in [-0.25, -0.2) is 9.97 Å². The molecule has 0 unspecified atom stereocenters. The molecule has 0 aliphatic carbocycles. The van der Waals surface area contributed by atoms with Gasteiger partial charge in [-0.2, -0.15) is 0 Å². The predicted molar refractivity (Wildman–Crippen MR) is 59.2 cm³/mol. The first-order valence-electron chi connectivity index (χ1n) is 4.37. The molecule has 2 nitrogen and oxygen atoms in total. The van der Waals surface area contributed by atoms with Crippen LogP contribution in [-0.2, 0) is 6.42 Å². The Balaban J connectivity index is 2.29. The van der Waals surface area contributed by atoms with Crippen LogP contribution in [0.1, 0.15) is 4.88 Å². The van der Waals surface area contributed by atoms with Gasteiger partial charge in [-0.15, -0.1) is 17.9 Å². The lowest BCUT2D eigenvalue weighted by Gasteiger charge is -1.92. The molecular weight excluding hydrogens is 192 g/mol. The van der Waals surface area contributed by atoms with Gasteiger partial charge in [0.25, 0.3) is 0 Å². The lowest BCUT2D eigenvalue weighted by molar-refractivity contribution is 1.19. The average Bonchev–Trinajstić information content (AvgIpc) is 2.68. The van der Waals surface area contributed by atoms with Crippen LogP contribution in [-0.4, -0.2) is 9.97 Å². The van der Waals surface area contributed by atoms with E-state index in [4.69, 9.17) is 0 Å². The molecule has 70 valence electrons. The maximum atomic E-state index is 4.20. The highest BCUT2D eigenvalue weighted by Gasteiger charge is 2.02. The normalized spacial score (nSPS) is 10.0. The third kappa shape index (κ3) is 1.88. The SMILES string of the molecule is C=CCc1ccc(-c2ncccn2)s1. The summed E-state index contributed by atoms with van der Waals surface area (Å²) in [6, 6.07) is 5.97. The van der Waals surface area contributed by atoms with E-state index in [-0.39, 0.29) is 0 Å². The fourth-order valence-electron chi connectivity index (χ4n) is 1.18.